The summed E-state index contributed by atoms with van der Waals surface area (Å²) >= 11 is 0. The van der Waals surface area contributed by atoms with Crippen molar-refractivity contribution >= 4 is 17.3 Å². The molecule has 2 heterocycles. The number of nitrogens with zero attached hydrogens (tertiary/aromatic N) is 2. The van der Waals surface area contributed by atoms with Gasteiger partial charge in [0.05, 0.1) is 6.42 Å². The van der Waals surface area contributed by atoms with Crippen molar-refractivity contribution in [1.29, 1.82) is 0 Å². The van der Waals surface area contributed by atoms with E-state index in [0.29, 0.717) is 6.42 Å². The highest BCUT2D eigenvalue weighted by molar-refractivity contribution is 5.93. The van der Waals surface area contributed by atoms with Crippen LogP contribution in [0.1, 0.15) is 18.1 Å². The molecule has 0 aliphatic carbocycles. The molecule has 2 aromatic carbocycles. The first-order chi connectivity index (χ1) is 12.7. The average Bonchev–Trinajstić information content (AvgIpc) is 3.31. The number of fused-ring (bicyclic) bond motifs is 1. The van der Waals surface area contributed by atoms with Gasteiger partial charge in [-0.25, -0.2) is 0 Å². The summed E-state index contributed by atoms with van der Waals surface area (Å²) in [6, 6.07) is 18.3. The van der Waals surface area contributed by atoms with Gasteiger partial charge < -0.3 is 14.8 Å². The van der Waals surface area contributed by atoms with E-state index < -0.39 is 0 Å². The van der Waals surface area contributed by atoms with E-state index >= 15 is 0 Å². The molecule has 0 atom stereocenters. The van der Waals surface area contributed by atoms with Crippen molar-refractivity contribution in [2.75, 3.05) is 23.3 Å². The van der Waals surface area contributed by atoms with Crippen LogP contribution in [-0.2, 0) is 17.6 Å². The topological polar surface area (TPSA) is 37.3 Å². The maximum atomic E-state index is 12.4. The second-order valence-electron chi connectivity index (χ2n) is 6.65. The van der Waals surface area contributed by atoms with Crippen molar-refractivity contribution in [3.63, 3.8) is 0 Å². The highest BCUT2D eigenvalue weighted by atomic mass is 16.1. The molecule has 4 nitrogen and oxygen atoms in total. The standard InChI is InChI=1S/C22H23N3O/c1-2-24-14-11-18-7-8-19(16-21(18)24)23-22(26)15-17-5-9-20(10-6-17)25-12-3-4-13-25/h3-10,12-13,16H,2,11,14-15H2,1H3,(H,23,26). The molecule has 26 heavy (non-hydrogen) atoms. The summed E-state index contributed by atoms with van der Waals surface area (Å²) in [7, 11) is 0. The van der Waals surface area contributed by atoms with Gasteiger partial charge in [-0.3, -0.25) is 4.79 Å². The highest BCUT2D eigenvalue weighted by Crippen LogP contribution is 2.30. The SMILES string of the molecule is CCN1CCc2ccc(NC(=O)Cc3ccc(-n4cccc4)cc3)cc21. The van der Waals surface area contributed by atoms with Crippen LogP contribution in [0.25, 0.3) is 5.69 Å². The summed E-state index contributed by atoms with van der Waals surface area (Å²) in [5.41, 5.74) is 5.59. The monoisotopic (exact) mass is 345 g/mol. The number of benzene rings is 2. The van der Waals surface area contributed by atoms with E-state index in [1.165, 1.54) is 11.3 Å². The zero-order valence-corrected chi connectivity index (χ0v) is 15.0. The van der Waals surface area contributed by atoms with Gasteiger partial charge in [0.25, 0.3) is 0 Å². The quantitative estimate of drug-likeness (QED) is 0.758. The number of nitrogens with one attached hydrogen (secondary N) is 1. The van der Waals surface area contributed by atoms with Gasteiger partial charge in [0.15, 0.2) is 0 Å². The Morgan fingerprint density at radius 3 is 2.58 bits per heavy atom. The van der Waals surface area contributed by atoms with Crippen molar-refractivity contribution in [3.8, 4) is 5.69 Å². The third kappa shape index (κ3) is 3.36. The third-order valence-corrected chi connectivity index (χ3v) is 4.95. The lowest BCUT2D eigenvalue weighted by Gasteiger charge is -2.17. The van der Waals surface area contributed by atoms with Crippen LogP contribution >= 0.6 is 0 Å². The fourth-order valence-corrected chi connectivity index (χ4v) is 3.53. The normalized spacial score (nSPS) is 12.9. The van der Waals surface area contributed by atoms with Crippen LogP contribution in [0.15, 0.2) is 67.0 Å². The van der Waals surface area contributed by atoms with Crippen LogP contribution in [-0.4, -0.2) is 23.6 Å². The van der Waals surface area contributed by atoms with E-state index in [-0.39, 0.29) is 5.91 Å². The fourth-order valence-electron chi connectivity index (χ4n) is 3.53. The summed E-state index contributed by atoms with van der Waals surface area (Å²) < 4.78 is 2.05. The van der Waals surface area contributed by atoms with Gasteiger partial charge in [-0.15, -0.1) is 0 Å². The second-order valence-corrected chi connectivity index (χ2v) is 6.65. The van der Waals surface area contributed by atoms with Crippen LogP contribution in [0.5, 0.6) is 0 Å². The smallest absolute Gasteiger partial charge is 0.228 e. The van der Waals surface area contributed by atoms with Gasteiger partial charge in [-0.2, -0.15) is 0 Å². The van der Waals surface area contributed by atoms with Gasteiger partial charge in [-0.1, -0.05) is 18.2 Å². The van der Waals surface area contributed by atoms with Crippen LogP contribution in [0.4, 0.5) is 11.4 Å². The van der Waals surface area contributed by atoms with E-state index in [9.17, 15) is 4.79 Å². The highest BCUT2D eigenvalue weighted by Gasteiger charge is 2.18. The maximum Gasteiger partial charge on any atom is 0.228 e. The van der Waals surface area contributed by atoms with Crippen LogP contribution in [0, 0.1) is 0 Å². The average molecular weight is 345 g/mol. The first-order valence-corrected chi connectivity index (χ1v) is 9.13. The summed E-state index contributed by atoms with van der Waals surface area (Å²) in [6.45, 7) is 4.23. The predicted molar refractivity (Wildman–Crippen MR) is 106 cm³/mol. The van der Waals surface area contributed by atoms with E-state index in [4.69, 9.17) is 0 Å². The lowest BCUT2D eigenvalue weighted by atomic mass is 10.1. The number of likely N-dealkylation sites (N-methyl/N-ethyl adjacent to an activating group) is 1. The number of carbonyl (C=O) groups excluding carboxylic acids is 1. The molecule has 1 aliphatic rings. The first kappa shape index (κ1) is 16.5. The Balaban J connectivity index is 1.41. The molecular formula is C22H23N3O. The number of hydrogen-bond donors (Lipinski definition) is 1. The van der Waals surface area contributed by atoms with E-state index in [1.54, 1.807) is 0 Å². The Morgan fingerprint density at radius 1 is 1.08 bits per heavy atom. The molecule has 4 rings (SSSR count). The Kier molecular flexibility index (Phi) is 4.48. The minimum atomic E-state index is 0.0136. The first-order valence-electron chi connectivity index (χ1n) is 9.13. The number of carbonyl (C=O) groups is 1. The van der Waals surface area contributed by atoms with Gasteiger partial charge in [-0.05, 0) is 60.9 Å². The van der Waals surface area contributed by atoms with Gasteiger partial charge in [0.1, 0.15) is 0 Å². The van der Waals surface area contributed by atoms with Crippen LogP contribution in [0.2, 0.25) is 0 Å². The molecule has 0 fully saturated rings. The molecule has 0 saturated carbocycles. The molecule has 132 valence electrons. The van der Waals surface area contributed by atoms with Gasteiger partial charge in [0.2, 0.25) is 5.91 Å². The van der Waals surface area contributed by atoms with E-state index in [0.717, 1.165) is 36.4 Å². The molecule has 0 radical (unpaired) electrons. The minimum Gasteiger partial charge on any atom is -0.371 e. The second kappa shape index (κ2) is 7.08. The van der Waals surface area contributed by atoms with Crippen molar-refractivity contribution in [2.45, 2.75) is 19.8 Å². The van der Waals surface area contributed by atoms with Crippen molar-refractivity contribution in [1.82, 2.24) is 4.57 Å². The number of anilines is 2. The molecule has 0 bridgehead atoms. The molecule has 3 aromatic rings. The Morgan fingerprint density at radius 2 is 1.85 bits per heavy atom. The molecule has 4 heteroatoms. The molecule has 1 aliphatic heterocycles. The van der Waals surface area contributed by atoms with Crippen molar-refractivity contribution in [2.24, 2.45) is 0 Å². The minimum absolute atomic E-state index is 0.0136. The number of aromatic nitrogens is 1. The van der Waals surface area contributed by atoms with Crippen LogP contribution < -0.4 is 10.2 Å². The molecular weight excluding hydrogens is 322 g/mol. The summed E-state index contributed by atoms with van der Waals surface area (Å²) in [4.78, 5) is 14.8. The molecule has 0 saturated heterocycles. The lowest BCUT2D eigenvalue weighted by molar-refractivity contribution is -0.115. The molecule has 0 spiro atoms. The van der Waals surface area contributed by atoms with Gasteiger partial charge >= 0.3 is 0 Å². The molecule has 1 amide bonds. The third-order valence-electron chi connectivity index (χ3n) is 4.95. The Labute approximate surface area is 154 Å². The lowest BCUT2D eigenvalue weighted by Crippen LogP contribution is -2.19. The zero-order chi connectivity index (χ0) is 17.9. The Hall–Kier alpha value is -3.01. The predicted octanol–water partition coefficient (Wildman–Crippen LogP) is 4.04. The van der Waals surface area contributed by atoms with E-state index in [1.807, 2.05) is 59.4 Å². The van der Waals surface area contributed by atoms with Crippen LogP contribution in [0.3, 0.4) is 0 Å². The van der Waals surface area contributed by atoms with Crippen molar-refractivity contribution in [3.05, 3.63) is 78.1 Å². The maximum absolute atomic E-state index is 12.4. The summed E-state index contributed by atoms with van der Waals surface area (Å²) in [5, 5.41) is 3.04. The summed E-state index contributed by atoms with van der Waals surface area (Å²) in [5.74, 6) is 0.0136. The van der Waals surface area contributed by atoms with Crippen molar-refractivity contribution < 1.29 is 4.79 Å². The molecule has 1 N–H and O–H groups in total. The zero-order valence-electron chi connectivity index (χ0n) is 15.0. The number of amides is 1. The molecule has 0 unspecified atom stereocenters. The van der Waals surface area contributed by atoms with E-state index in [2.05, 4.69) is 29.3 Å². The largest absolute Gasteiger partial charge is 0.371 e. The molecule has 1 aromatic heterocycles. The van der Waals surface area contributed by atoms with Gasteiger partial charge in [0, 0.05) is 42.5 Å². The fraction of sp³-hybridized carbons (Fsp3) is 0.227. The number of rotatable bonds is 5. The Bertz CT molecular complexity index is 898. The number of hydrogen-bond acceptors (Lipinski definition) is 2. The summed E-state index contributed by atoms with van der Waals surface area (Å²) in [6.07, 6.45) is 5.48.